The van der Waals surface area contributed by atoms with Gasteiger partial charge in [0.05, 0.1) is 25.9 Å². The maximum Gasteiger partial charge on any atom is 0.249 e. The summed E-state index contributed by atoms with van der Waals surface area (Å²) >= 11 is 0. The highest BCUT2D eigenvalue weighted by Crippen LogP contribution is 2.13. The lowest BCUT2D eigenvalue weighted by Gasteiger charge is -2.26. The van der Waals surface area contributed by atoms with Gasteiger partial charge < -0.3 is 24.8 Å². The molecule has 2 amide bonds. The molecule has 2 aliphatic rings. The number of anilines is 1. The van der Waals surface area contributed by atoms with Gasteiger partial charge in [-0.15, -0.1) is 0 Å². The second-order valence-corrected chi connectivity index (χ2v) is 7.78. The molecular weight excluding hydrogens is 386 g/mol. The van der Waals surface area contributed by atoms with Crippen LogP contribution in [0.25, 0.3) is 0 Å². The van der Waals surface area contributed by atoms with Crippen LogP contribution < -0.4 is 10.6 Å². The van der Waals surface area contributed by atoms with Crippen LogP contribution in [0.4, 0.5) is 5.69 Å². The van der Waals surface area contributed by atoms with E-state index in [1.807, 2.05) is 24.3 Å². The summed E-state index contributed by atoms with van der Waals surface area (Å²) in [6.07, 6.45) is 2.05. The van der Waals surface area contributed by atoms with Crippen LogP contribution >= 0.6 is 0 Å². The maximum absolute atomic E-state index is 12.3. The van der Waals surface area contributed by atoms with E-state index >= 15 is 0 Å². The Kier molecular flexibility index (Phi) is 9.07. The fraction of sp³-hybridized carbons (Fsp3) is 0.636. The molecule has 2 fully saturated rings. The lowest BCUT2D eigenvalue weighted by atomic mass is 10.2. The smallest absolute Gasteiger partial charge is 0.249 e. The summed E-state index contributed by atoms with van der Waals surface area (Å²) in [5.74, 6) is -0.174. The van der Waals surface area contributed by atoms with Crippen molar-refractivity contribution in [2.75, 3.05) is 51.4 Å². The van der Waals surface area contributed by atoms with Crippen LogP contribution in [-0.2, 0) is 30.3 Å². The minimum atomic E-state index is -0.530. The van der Waals surface area contributed by atoms with E-state index in [1.54, 1.807) is 6.92 Å². The predicted octanol–water partition coefficient (Wildman–Crippen LogP) is 1.55. The maximum atomic E-state index is 12.3. The van der Waals surface area contributed by atoms with Crippen molar-refractivity contribution >= 4 is 17.5 Å². The molecule has 8 heteroatoms. The van der Waals surface area contributed by atoms with Crippen molar-refractivity contribution in [1.29, 1.82) is 0 Å². The van der Waals surface area contributed by atoms with Gasteiger partial charge in [-0.3, -0.25) is 14.5 Å². The molecule has 166 valence electrons. The molecule has 8 nitrogen and oxygen atoms in total. The third-order valence-corrected chi connectivity index (χ3v) is 5.36. The third kappa shape index (κ3) is 7.68. The second-order valence-electron chi connectivity index (χ2n) is 7.78. The van der Waals surface area contributed by atoms with Gasteiger partial charge in [-0.25, -0.2) is 0 Å². The summed E-state index contributed by atoms with van der Waals surface area (Å²) in [7, 11) is 0. The van der Waals surface area contributed by atoms with E-state index in [4.69, 9.17) is 14.2 Å². The number of hydrogen-bond acceptors (Lipinski definition) is 6. The molecule has 1 aromatic carbocycles. The molecule has 0 saturated carbocycles. The molecule has 1 aromatic rings. The van der Waals surface area contributed by atoms with Crippen molar-refractivity contribution in [3.8, 4) is 0 Å². The summed E-state index contributed by atoms with van der Waals surface area (Å²) < 4.78 is 16.5. The van der Waals surface area contributed by atoms with Crippen LogP contribution in [0.1, 0.15) is 31.7 Å². The first-order valence-electron chi connectivity index (χ1n) is 10.8. The molecular formula is C22H33N3O5. The van der Waals surface area contributed by atoms with Crippen molar-refractivity contribution in [2.24, 2.45) is 0 Å². The van der Waals surface area contributed by atoms with Gasteiger partial charge in [0.1, 0.15) is 6.10 Å². The van der Waals surface area contributed by atoms with E-state index in [2.05, 4.69) is 15.5 Å². The average Bonchev–Trinajstić information content (AvgIpc) is 3.29. The highest BCUT2D eigenvalue weighted by molar-refractivity contribution is 5.90. The number of benzene rings is 1. The summed E-state index contributed by atoms with van der Waals surface area (Å²) in [5, 5.41) is 5.82. The summed E-state index contributed by atoms with van der Waals surface area (Å²) in [6, 6.07) is 7.52. The van der Waals surface area contributed by atoms with Crippen molar-refractivity contribution < 1.29 is 23.8 Å². The first-order valence-corrected chi connectivity index (χ1v) is 10.8. The Labute approximate surface area is 178 Å². The fourth-order valence-electron chi connectivity index (χ4n) is 3.50. The Morgan fingerprint density at radius 2 is 2.10 bits per heavy atom. The zero-order valence-electron chi connectivity index (χ0n) is 17.7. The van der Waals surface area contributed by atoms with Crippen LogP contribution in [0.2, 0.25) is 0 Å². The van der Waals surface area contributed by atoms with Crippen molar-refractivity contribution in [2.45, 2.75) is 44.9 Å². The van der Waals surface area contributed by atoms with E-state index in [0.29, 0.717) is 19.6 Å². The zero-order chi connectivity index (χ0) is 21.2. The van der Waals surface area contributed by atoms with E-state index in [0.717, 1.165) is 63.5 Å². The van der Waals surface area contributed by atoms with Gasteiger partial charge in [-0.05, 0) is 37.5 Å². The van der Waals surface area contributed by atoms with E-state index in [1.165, 1.54) is 0 Å². The van der Waals surface area contributed by atoms with Crippen LogP contribution in [0.3, 0.4) is 0 Å². The molecule has 0 spiro atoms. The van der Waals surface area contributed by atoms with Crippen molar-refractivity contribution in [1.82, 2.24) is 10.2 Å². The number of carbonyl (C=O) groups is 2. The summed E-state index contributed by atoms with van der Waals surface area (Å²) in [6.45, 7) is 7.28. The number of morpholine rings is 1. The standard InChI is InChI=1S/C22H33N3O5/c1-17(30-16-20-6-3-11-29-20)22(27)23-15-18-4-2-5-19(14-18)24-21(26)7-8-25-9-12-28-13-10-25/h2,4-5,14,17,20H,3,6-13,15-16H2,1H3,(H,23,27)(H,24,26). The molecule has 3 rings (SSSR count). The molecule has 2 atom stereocenters. The molecule has 2 aliphatic heterocycles. The molecule has 0 radical (unpaired) electrons. The average molecular weight is 420 g/mol. The second kappa shape index (κ2) is 12.0. The first kappa shape index (κ1) is 22.7. The Morgan fingerprint density at radius 1 is 1.27 bits per heavy atom. The topological polar surface area (TPSA) is 89.1 Å². The van der Waals surface area contributed by atoms with Gasteiger partial charge in [0.15, 0.2) is 0 Å². The molecule has 0 aromatic heterocycles. The molecule has 0 bridgehead atoms. The highest BCUT2D eigenvalue weighted by atomic mass is 16.5. The van der Waals surface area contributed by atoms with Crippen LogP contribution in [-0.4, -0.2) is 75.0 Å². The van der Waals surface area contributed by atoms with Crippen LogP contribution in [0, 0.1) is 0 Å². The van der Waals surface area contributed by atoms with E-state index in [9.17, 15) is 9.59 Å². The number of rotatable bonds is 10. The predicted molar refractivity (Wildman–Crippen MR) is 113 cm³/mol. The SMILES string of the molecule is CC(OCC1CCCO1)C(=O)NCc1cccc(NC(=O)CCN2CCOCC2)c1. The third-order valence-electron chi connectivity index (χ3n) is 5.36. The molecule has 30 heavy (non-hydrogen) atoms. The number of carbonyl (C=O) groups excluding carboxylic acids is 2. The van der Waals surface area contributed by atoms with E-state index in [-0.39, 0.29) is 17.9 Å². The van der Waals surface area contributed by atoms with Crippen molar-refractivity contribution in [3.05, 3.63) is 29.8 Å². The normalized spacial score (nSPS) is 20.6. The van der Waals surface area contributed by atoms with Gasteiger partial charge in [0.2, 0.25) is 11.8 Å². The minimum Gasteiger partial charge on any atom is -0.379 e. The van der Waals surface area contributed by atoms with Crippen LogP contribution in [0.5, 0.6) is 0 Å². The minimum absolute atomic E-state index is 0.0150. The van der Waals surface area contributed by atoms with Crippen LogP contribution in [0.15, 0.2) is 24.3 Å². The Hall–Kier alpha value is -2.00. The van der Waals surface area contributed by atoms with Gasteiger partial charge in [-0.1, -0.05) is 12.1 Å². The van der Waals surface area contributed by atoms with Crippen molar-refractivity contribution in [3.63, 3.8) is 0 Å². The number of nitrogens with one attached hydrogen (secondary N) is 2. The number of hydrogen-bond donors (Lipinski definition) is 2. The quantitative estimate of drug-likeness (QED) is 0.598. The lowest BCUT2D eigenvalue weighted by molar-refractivity contribution is -0.133. The molecule has 2 N–H and O–H groups in total. The van der Waals surface area contributed by atoms with Gasteiger partial charge in [0, 0.05) is 44.9 Å². The highest BCUT2D eigenvalue weighted by Gasteiger charge is 2.19. The Bertz CT molecular complexity index is 687. The number of nitrogens with zero attached hydrogens (tertiary/aromatic N) is 1. The number of amides is 2. The number of ether oxygens (including phenoxy) is 3. The zero-order valence-corrected chi connectivity index (χ0v) is 17.7. The lowest BCUT2D eigenvalue weighted by Crippen LogP contribution is -2.38. The largest absolute Gasteiger partial charge is 0.379 e. The molecule has 2 unspecified atom stereocenters. The van der Waals surface area contributed by atoms with E-state index < -0.39 is 6.10 Å². The monoisotopic (exact) mass is 419 g/mol. The van der Waals surface area contributed by atoms with Gasteiger partial charge in [-0.2, -0.15) is 0 Å². The fourth-order valence-corrected chi connectivity index (χ4v) is 3.50. The Morgan fingerprint density at radius 3 is 2.87 bits per heavy atom. The van der Waals surface area contributed by atoms with Gasteiger partial charge >= 0.3 is 0 Å². The molecule has 0 aliphatic carbocycles. The molecule has 2 heterocycles. The Balaban J connectivity index is 1.37. The summed E-state index contributed by atoms with van der Waals surface area (Å²) in [5.41, 5.74) is 1.65. The summed E-state index contributed by atoms with van der Waals surface area (Å²) in [4.78, 5) is 26.7. The van der Waals surface area contributed by atoms with Gasteiger partial charge in [0.25, 0.3) is 0 Å². The molecule has 2 saturated heterocycles. The first-order chi connectivity index (χ1) is 14.6.